The van der Waals surface area contributed by atoms with Crippen molar-refractivity contribution in [1.82, 2.24) is 4.31 Å². The van der Waals surface area contributed by atoms with Gasteiger partial charge in [0.2, 0.25) is 10.0 Å². The van der Waals surface area contributed by atoms with Crippen LogP contribution in [0.4, 0.5) is 5.82 Å². The van der Waals surface area contributed by atoms with Gasteiger partial charge in [0.1, 0.15) is 11.1 Å². The summed E-state index contributed by atoms with van der Waals surface area (Å²) in [6.45, 7) is 1.49. The highest BCUT2D eigenvalue weighted by molar-refractivity contribution is 7.89. The van der Waals surface area contributed by atoms with Crippen molar-refractivity contribution >= 4 is 21.7 Å². The van der Waals surface area contributed by atoms with E-state index in [1.807, 2.05) is 0 Å². The maximum atomic E-state index is 12.3. The van der Waals surface area contributed by atoms with E-state index in [4.69, 9.17) is 10.5 Å². The number of pyridine rings is 1. The molecule has 0 aliphatic carbocycles. The minimum Gasteiger partial charge on any atom is -0.379 e. The van der Waals surface area contributed by atoms with Crippen LogP contribution in [0.25, 0.3) is 0 Å². The summed E-state index contributed by atoms with van der Waals surface area (Å²) in [5.41, 5.74) is 5.01. The molecule has 0 atom stereocenters. The SMILES string of the molecule is NC(=O)CNc1ccc(S(=O)(=O)N2CCOCC2)c[nH+]1. The van der Waals surface area contributed by atoms with Crippen molar-refractivity contribution in [2.45, 2.75) is 4.90 Å². The zero-order valence-corrected chi connectivity index (χ0v) is 11.6. The number of nitrogens with zero attached hydrogens (tertiary/aromatic N) is 1. The van der Waals surface area contributed by atoms with Crippen molar-refractivity contribution in [3.63, 3.8) is 0 Å². The number of sulfonamides is 1. The second-order valence-electron chi connectivity index (χ2n) is 4.27. The van der Waals surface area contributed by atoms with E-state index in [2.05, 4.69) is 10.3 Å². The smallest absolute Gasteiger partial charge is 0.272 e. The van der Waals surface area contributed by atoms with Crippen LogP contribution in [0.5, 0.6) is 0 Å². The molecule has 110 valence electrons. The average Bonchev–Trinajstić information content (AvgIpc) is 2.46. The Kier molecular flexibility index (Phi) is 4.53. The molecule has 1 amide bonds. The molecule has 1 aromatic rings. The fraction of sp³-hybridized carbons (Fsp3) is 0.455. The van der Waals surface area contributed by atoms with Crippen LogP contribution in [-0.4, -0.2) is 51.5 Å². The summed E-state index contributed by atoms with van der Waals surface area (Å²) in [5.74, 6) is 0.0214. The molecule has 2 rings (SSSR count). The zero-order valence-electron chi connectivity index (χ0n) is 10.8. The highest BCUT2D eigenvalue weighted by atomic mass is 32.2. The van der Waals surface area contributed by atoms with Gasteiger partial charge in [0.15, 0.2) is 6.54 Å². The standard InChI is InChI=1S/C11H16N4O4S/c12-10(16)8-14-11-2-1-9(7-13-11)20(17,18)15-3-5-19-6-4-15/h1-2,7H,3-6,8H2,(H2,12,16)(H,13,14)/p+1. The van der Waals surface area contributed by atoms with Crippen LogP contribution in [0, 0.1) is 0 Å². The third-order valence-corrected chi connectivity index (χ3v) is 4.74. The number of anilines is 1. The molecule has 4 N–H and O–H groups in total. The van der Waals surface area contributed by atoms with Crippen molar-refractivity contribution in [3.05, 3.63) is 18.3 Å². The molecular formula is C11H17N4O4S+. The Morgan fingerprint density at radius 3 is 2.65 bits per heavy atom. The van der Waals surface area contributed by atoms with Crippen LogP contribution < -0.4 is 16.0 Å². The fourth-order valence-electron chi connectivity index (χ4n) is 1.80. The fourth-order valence-corrected chi connectivity index (χ4v) is 3.18. The maximum absolute atomic E-state index is 12.3. The Morgan fingerprint density at radius 2 is 2.10 bits per heavy atom. The quantitative estimate of drug-likeness (QED) is 0.681. The third-order valence-electron chi connectivity index (χ3n) is 2.85. The number of nitrogens with one attached hydrogen (secondary N) is 2. The summed E-state index contributed by atoms with van der Waals surface area (Å²) in [5, 5.41) is 2.74. The number of hydrogen-bond donors (Lipinski definition) is 2. The number of carbonyl (C=O) groups excluding carboxylic acids is 1. The van der Waals surface area contributed by atoms with Crippen molar-refractivity contribution in [1.29, 1.82) is 0 Å². The first-order chi connectivity index (χ1) is 9.50. The number of hydrogen-bond acceptors (Lipinski definition) is 5. The Balaban J connectivity index is 2.10. The monoisotopic (exact) mass is 301 g/mol. The number of aromatic amines is 1. The Hall–Kier alpha value is -1.71. The lowest BCUT2D eigenvalue weighted by Crippen LogP contribution is -2.40. The molecule has 0 aromatic carbocycles. The molecule has 20 heavy (non-hydrogen) atoms. The Labute approximate surface area is 117 Å². The van der Waals surface area contributed by atoms with Gasteiger partial charge in [-0.3, -0.25) is 10.1 Å². The van der Waals surface area contributed by atoms with E-state index in [1.165, 1.54) is 16.6 Å². The van der Waals surface area contributed by atoms with E-state index in [-0.39, 0.29) is 11.4 Å². The van der Waals surface area contributed by atoms with Crippen LogP contribution in [0.2, 0.25) is 0 Å². The summed E-state index contributed by atoms with van der Waals surface area (Å²) >= 11 is 0. The van der Waals surface area contributed by atoms with Gasteiger partial charge in [-0.1, -0.05) is 0 Å². The second kappa shape index (κ2) is 6.16. The van der Waals surface area contributed by atoms with Gasteiger partial charge >= 0.3 is 0 Å². The zero-order chi connectivity index (χ0) is 14.6. The minimum atomic E-state index is -3.51. The number of carbonyl (C=O) groups is 1. The van der Waals surface area contributed by atoms with Crippen molar-refractivity contribution < 1.29 is 22.9 Å². The van der Waals surface area contributed by atoms with Gasteiger partial charge in [-0.25, -0.2) is 13.4 Å². The first-order valence-corrected chi connectivity index (χ1v) is 7.56. The first kappa shape index (κ1) is 14.7. The molecule has 8 nitrogen and oxygen atoms in total. The number of ether oxygens (including phenoxy) is 1. The number of primary amides is 1. The van der Waals surface area contributed by atoms with Crippen LogP contribution in [-0.2, 0) is 19.6 Å². The van der Waals surface area contributed by atoms with E-state index in [0.717, 1.165) is 0 Å². The summed E-state index contributed by atoms with van der Waals surface area (Å²) < 4.78 is 31.2. The van der Waals surface area contributed by atoms with Crippen LogP contribution >= 0.6 is 0 Å². The molecule has 1 aliphatic rings. The molecule has 0 bridgehead atoms. The lowest BCUT2D eigenvalue weighted by Gasteiger charge is -2.25. The van der Waals surface area contributed by atoms with Gasteiger partial charge in [-0.05, 0) is 6.07 Å². The van der Waals surface area contributed by atoms with Crippen molar-refractivity contribution in [2.75, 3.05) is 38.2 Å². The highest BCUT2D eigenvalue weighted by Gasteiger charge is 2.27. The van der Waals surface area contributed by atoms with Gasteiger partial charge in [-0.2, -0.15) is 4.31 Å². The predicted molar refractivity (Wildman–Crippen MR) is 70.3 cm³/mol. The summed E-state index contributed by atoms with van der Waals surface area (Å²) in [6, 6.07) is 3.03. The lowest BCUT2D eigenvalue weighted by molar-refractivity contribution is -0.364. The van der Waals surface area contributed by atoms with Crippen molar-refractivity contribution in [2.24, 2.45) is 5.73 Å². The molecule has 1 fully saturated rings. The first-order valence-electron chi connectivity index (χ1n) is 6.12. The number of amides is 1. The molecule has 1 aliphatic heterocycles. The predicted octanol–water partition coefficient (Wildman–Crippen LogP) is -1.58. The Morgan fingerprint density at radius 1 is 1.40 bits per heavy atom. The molecule has 1 saturated heterocycles. The van der Waals surface area contributed by atoms with E-state index in [0.29, 0.717) is 32.1 Å². The van der Waals surface area contributed by atoms with Gasteiger partial charge in [0.05, 0.1) is 13.2 Å². The summed E-state index contributed by atoms with van der Waals surface area (Å²) in [4.78, 5) is 13.6. The minimum absolute atomic E-state index is 0.0218. The Bertz CT molecular complexity index is 567. The van der Waals surface area contributed by atoms with Gasteiger partial charge in [0.25, 0.3) is 11.7 Å². The summed E-state index contributed by atoms with van der Waals surface area (Å²) in [7, 11) is -3.51. The highest BCUT2D eigenvalue weighted by Crippen LogP contribution is 2.15. The van der Waals surface area contributed by atoms with E-state index >= 15 is 0 Å². The number of morpholine rings is 1. The van der Waals surface area contributed by atoms with Crippen LogP contribution in [0.3, 0.4) is 0 Å². The summed E-state index contributed by atoms with van der Waals surface area (Å²) in [6.07, 6.45) is 1.38. The molecule has 0 saturated carbocycles. The molecule has 0 spiro atoms. The van der Waals surface area contributed by atoms with E-state index < -0.39 is 15.9 Å². The largest absolute Gasteiger partial charge is 0.379 e. The van der Waals surface area contributed by atoms with E-state index in [9.17, 15) is 13.2 Å². The average molecular weight is 301 g/mol. The van der Waals surface area contributed by atoms with Gasteiger partial charge in [0, 0.05) is 19.2 Å². The number of rotatable bonds is 5. The molecular weight excluding hydrogens is 284 g/mol. The van der Waals surface area contributed by atoms with Crippen molar-refractivity contribution in [3.8, 4) is 0 Å². The second-order valence-corrected chi connectivity index (χ2v) is 6.21. The topological polar surface area (TPSA) is 116 Å². The molecule has 0 unspecified atom stereocenters. The molecule has 1 aromatic heterocycles. The number of H-pyrrole nitrogens is 1. The normalized spacial score (nSPS) is 16.8. The lowest BCUT2D eigenvalue weighted by atomic mass is 10.4. The van der Waals surface area contributed by atoms with Crippen LogP contribution in [0.15, 0.2) is 23.2 Å². The molecule has 0 radical (unpaired) electrons. The number of aromatic nitrogens is 1. The molecule has 2 heterocycles. The number of nitrogens with two attached hydrogens (primary N) is 1. The third kappa shape index (κ3) is 3.44. The maximum Gasteiger partial charge on any atom is 0.272 e. The van der Waals surface area contributed by atoms with Gasteiger partial charge < -0.3 is 10.5 Å². The van der Waals surface area contributed by atoms with Gasteiger partial charge in [-0.15, -0.1) is 0 Å². The van der Waals surface area contributed by atoms with E-state index in [1.54, 1.807) is 6.07 Å². The van der Waals surface area contributed by atoms with Crippen LogP contribution in [0.1, 0.15) is 0 Å². The molecule has 9 heteroatoms.